The smallest absolute Gasteiger partial charge is 0.246 e. The Balaban J connectivity index is 2.26. The summed E-state index contributed by atoms with van der Waals surface area (Å²) in [6.45, 7) is 10.7. The molecule has 4 nitrogen and oxygen atoms in total. The quantitative estimate of drug-likeness (QED) is 0.801. The Morgan fingerprint density at radius 3 is 2.40 bits per heavy atom. The maximum Gasteiger partial charge on any atom is 0.246 e. The Bertz CT molecular complexity index is 409. The summed E-state index contributed by atoms with van der Waals surface area (Å²) in [7, 11) is 0. The number of carbonyl (C=O) groups is 2. The molecule has 2 rings (SSSR count). The van der Waals surface area contributed by atoms with E-state index in [4.69, 9.17) is 0 Å². The summed E-state index contributed by atoms with van der Waals surface area (Å²) in [6.07, 6.45) is 4.52. The van der Waals surface area contributed by atoms with Crippen LogP contribution in [0, 0.1) is 10.8 Å². The van der Waals surface area contributed by atoms with Gasteiger partial charge in [-0.2, -0.15) is 0 Å². The van der Waals surface area contributed by atoms with Crippen LogP contribution in [0.5, 0.6) is 0 Å². The predicted molar refractivity (Wildman–Crippen MR) is 79.1 cm³/mol. The van der Waals surface area contributed by atoms with Gasteiger partial charge in [0.1, 0.15) is 6.04 Å². The maximum absolute atomic E-state index is 12.8. The van der Waals surface area contributed by atoms with Gasteiger partial charge in [-0.25, -0.2) is 0 Å². The van der Waals surface area contributed by atoms with Gasteiger partial charge in [0, 0.05) is 6.04 Å². The van der Waals surface area contributed by atoms with Crippen molar-refractivity contribution < 1.29 is 9.59 Å². The van der Waals surface area contributed by atoms with E-state index in [9.17, 15) is 9.59 Å². The lowest BCUT2D eigenvalue weighted by Gasteiger charge is -2.49. The van der Waals surface area contributed by atoms with Gasteiger partial charge in [0.2, 0.25) is 11.8 Å². The first-order valence-electron chi connectivity index (χ1n) is 7.73. The van der Waals surface area contributed by atoms with E-state index in [0.717, 1.165) is 19.3 Å². The average Bonchev–Trinajstić information content (AvgIpc) is 2.30. The standard InChI is InChI=1S/C16H28N2O2/c1-15(2,3)13-14(20)18(10-12(19)17-13)11-8-6-7-9-16(11,4)5/h11,13H,6-10H2,1-5H3,(H,17,19). The van der Waals surface area contributed by atoms with Gasteiger partial charge >= 0.3 is 0 Å². The third-order valence-corrected chi connectivity index (χ3v) is 4.84. The molecule has 2 fully saturated rings. The van der Waals surface area contributed by atoms with Crippen LogP contribution in [0.4, 0.5) is 0 Å². The van der Waals surface area contributed by atoms with Crippen LogP contribution in [-0.4, -0.2) is 35.3 Å². The Morgan fingerprint density at radius 1 is 1.20 bits per heavy atom. The highest BCUT2D eigenvalue weighted by atomic mass is 16.2. The lowest BCUT2D eigenvalue weighted by Crippen LogP contribution is -2.66. The zero-order chi connectivity index (χ0) is 15.1. The molecule has 1 N–H and O–H groups in total. The molecule has 0 aromatic rings. The third kappa shape index (κ3) is 2.84. The van der Waals surface area contributed by atoms with Crippen molar-refractivity contribution >= 4 is 11.8 Å². The molecule has 4 heteroatoms. The number of nitrogens with one attached hydrogen (secondary N) is 1. The van der Waals surface area contributed by atoms with Gasteiger partial charge in [-0.15, -0.1) is 0 Å². The molecule has 2 unspecified atom stereocenters. The molecule has 2 amide bonds. The molecule has 0 aromatic carbocycles. The SMILES string of the molecule is CC(C)(C)C1NC(=O)CN(C2CCCCC2(C)C)C1=O. The molecule has 1 saturated carbocycles. The third-order valence-electron chi connectivity index (χ3n) is 4.84. The van der Waals surface area contributed by atoms with Gasteiger partial charge in [-0.1, -0.05) is 47.5 Å². The van der Waals surface area contributed by atoms with Crippen LogP contribution >= 0.6 is 0 Å². The molecule has 2 aliphatic rings. The van der Waals surface area contributed by atoms with Crippen LogP contribution in [-0.2, 0) is 9.59 Å². The Labute approximate surface area is 122 Å². The number of carbonyl (C=O) groups excluding carboxylic acids is 2. The number of amides is 2. The van der Waals surface area contributed by atoms with Crippen LogP contribution in [0.25, 0.3) is 0 Å². The molecule has 2 atom stereocenters. The van der Waals surface area contributed by atoms with Crippen molar-refractivity contribution in [2.24, 2.45) is 10.8 Å². The van der Waals surface area contributed by atoms with E-state index in [1.54, 1.807) is 0 Å². The largest absolute Gasteiger partial charge is 0.342 e. The van der Waals surface area contributed by atoms with Gasteiger partial charge < -0.3 is 10.2 Å². The molecule has 1 aliphatic heterocycles. The molecule has 0 bridgehead atoms. The van der Waals surface area contributed by atoms with Crippen LogP contribution in [0.15, 0.2) is 0 Å². The summed E-state index contributed by atoms with van der Waals surface area (Å²) in [6, 6.07) is -0.207. The second-order valence-corrected chi connectivity index (χ2v) is 8.08. The zero-order valence-electron chi connectivity index (χ0n) is 13.5. The maximum atomic E-state index is 12.8. The minimum atomic E-state index is -0.401. The summed E-state index contributed by atoms with van der Waals surface area (Å²) >= 11 is 0. The van der Waals surface area contributed by atoms with Crippen molar-refractivity contribution in [1.29, 1.82) is 0 Å². The molecule has 20 heavy (non-hydrogen) atoms. The molecular formula is C16H28N2O2. The van der Waals surface area contributed by atoms with Crippen molar-refractivity contribution in [3.05, 3.63) is 0 Å². The predicted octanol–water partition coefficient (Wildman–Crippen LogP) is 2.33. The van der Waals surface area contributed by atoms with E-state index < -0.39 is 6.04 Å². The van der Waals surface area contributed by atoms with Crippen molar-refractivity contribution in [1.82, 2.24) is 10.2 Å². The van der Waals surface area contributed by atoms with Crippen LogP contribution in [0.3, 0.4) is 0 Å². The van der Waals surface area contributed by atoms with E-state index in [1.807, 2.05) is 25.7 Å². The Morgan fingerprint density at radius 2 is 1.85 bits per heavy atom. The van der Waals surface area contributed by atoms with Gasteiger partial charge in [-0.05, 0) is 23.7 Å². The fourth-order valence-electron chi connectivity index (χ4n) is 3.57. The minimum absolute atomic E-state index is 0.0223. The number of nitrogens with zero attached hydrogens (tertiary/aromatic N) is 1. The highest BCUT2D eigenvalue weighted by Crippen LogP contribution is 2.40. The Kier molecular flexibility index (Phi) is 3.87. The zero-order valence-corrected chi connectivity index (χ0v) is 13.5. The lowest BCUT2D eigenvalue weighted by atomic mass is 9.71. The highest BCUT2D eigenvalue weighted by Gasteiger charge is 2.46. The highest BCUT2D eigenvalue weighted by molar-refractivity contribution is 5.95. The van der Waals surface area contributed by atoms with E-state index in [1.165, 1.54) is 6.42 Å². The summed E-state index contributed by atoms with van der Waals surface area (Å²) in [5, 5.41) is 2.87. The Hall–Kier alpha value is -1.06. The summed E-state index contributed by atoms with van der Waals surface area (Å²) in [4.78, 5) is 26.7. The van der Waals surface area contributed by atoms with E-state index in [2.05, 4.69) is 19.2 Å². The van der Waals surface area contributed by atoms with Gasteiger partial charge in [-0.3, -0.25) is 9.59 Å². The summed E-state index contributed by atoms with van der Waals surface area (Å²) in [5.74, 6) is 0.0722. The minimum Gasteiger partial charge on any atom is -0.342 e. The normalized spacial score (nSPS) is 31.1. The number of rotatable bonds is 1. The monoisotopic (exact) mass is 280 g/mol. The molecule has 114 valence electrons. The van der Waals surface area contributed by atoms with Crippen LogP contribution < -0.4 is 5.32 Å². The second-order valence-electron chi connectivity index (χ2n) is 8.08. The first kappa shape index (κ1) is 15.3. The first-order chi connectivity index (χ1) is 9.13. The number of hydrogen-bond acceptors (Lipinski definition) is 2. The van der Waals surface area contributed by atoms with Crippen molar-refractivity contribution in [3.63, 3.8) is 0 Å². The molecule has 1 aliphatic carbocycles. The van der Waals surface area contributed by atoms with Gasteiger partial charge in [0.05, 0.1) is 6.54 Å². The molecule has 0 radical (unpaired) electrons. The average molecular weight is 280 g/mol. The lowest BCUT2D eigenvalue weighted by molar-refractivity contribution is -0.153. The topological polar surface area (TPSA) is 49.4 Å². The number of hydrogen-bond donors (Lipinski definition) is 1. The van der Waals surface area contributed by atoms with E-state index in [-0.39, 0.29) is 35.2 Å². The molecule has 0 spiro atoms. The number of piperazine rings is 1. The second kappa shape index (κ2) is 5.05. The summed E-state index contributed by atoms with van der Waals surface area (Å²) in [5.41, 5.74) is -0.141. The van der Waals surface area contributed by atoms with Crippen molar-refractivity contribution in [2.75, 3.05) is 6.54 Å². The van der Waals surface area contributed by atoms with Crippen LogP contribution in [0.1, 0.15) is 60.3 Å². The summed E-state index contributed by atoms with van der Waals surface area (Å²) < 4.78 is 0. The van der Waals surface area contributed by atoms with Gasteiger partial charge in [0.25, 0.3) is 0 Å². The first-order valence-corrected chi connectivity index (χ1v) is 7.73. The van der Waals surface area contributed by atoms with Crippen molar-refractivity contribution in [2.45, 2.75) is 72.4 Å². The van der Waals surface area contributed by atoms with Crippen LogP contribution in [0.2, 0.25) is 0 Å². The van der Waals surface area contributed by atoms with E-state index >= 15 is 0 Å². The molecule has 1 heterocycles. The fourth-order valence-corrected chi connectivity index (χ4v) is 3.57. The van der Waals surface area contributed by atoms with E-state index in [0.29, 0.717) is 0 Å². The molecule has 0 aromatic heterocycles. The fraction of sp³-hybridized carbons (Fsp3) is 0.875. The van der Waals surface area contributed by atoms with Crippen molar-refractivity contribution in [3.8, 4) is 0 Å². The van der Waals surface area contributed by atoms with Gasteiger partial charge in [0.15, 0.2) is 0 Å². The molecular weight excluding hydrogens is 252 g/mol. The molecule has 1 saturated heterocycles.